The van der Waals surface area contributed by atoms with Crippen molar-refractivity contribution in [1.82, 2.24) is 0 Å². The SMILES string of the molecule is O=C(O)/C=C/C=C/CCC[C@H](O)CO. The Morgan fingerprint density at radius 3 is 2.64 bits per heavy atom. The molecule has 0 aliphatic carbocycles. The highest BCUT2D eigenvalue weighted by Crippen LogP contribution is 2.00. The molecular formula is C10H16O4. The fraction of sp³-hybridized carbons (Fsp3) is 0.500. The maximum atomic E-state index is 10.0. The van der Waals surface area contributed by atoms with Crippen LogP contribution in [0.2, 0.25) is 0 Å². The third-order valence-electron chi connectivity index (χ3n) is 1.60. The van der Waals surface area contributed by atoms with Crippen LogP contribution in [-0.2, 0) is 4.79 Å². The van der Waals surface area contributed by atoms with Crippen LogP contribution in [0.4, 0.5) is 0 Å². The van der Waals surface area contributed by atoms with Crippen LogP contribution in [0.5, 0.6) is 0 Å². The van der Waals surface area contributed by atoms with Crippen molar-refractivity contribution in [3.05, 3.63) is 24.3 Å². The van der Waals surface area contributed by atoms with Gasteiger partial charge in [0.2, 0.25) is 0 Å². The van der Waals surface area contributed by atoms with Gasteiger partial charge in [0.15, 0.2) is 0 Å². The predicted octanol–water partition coefficient (Wildman–Crippen LogP) is 0.707. The lowest BCUT2D eigenvalue weighted by atomic mass is 10.1. The Labute approximate surface area is 83.2 Å². The first-order valence-electron chi connectivity index (χ1n) is 4.52. The molecule has 0 saturated heterocycles. The van der Waals surface area contributed by atoms with Gasteiger partial charge in [-0.3, -0.25) is 0 Å². The monoisotopic (exact) mass is 200 g/mol. The molecule has 1 atom stereocenters. The first-order valence-corrected chi connectivity index (χ1v) is 4.52. The van der Waals surface area contributed by atoms with Crippen LogP contribution in [0, 0.1) is 0 Å². The Morgan fingerprint density at radius 2 is 2.07 bits per heavy atom. The smallest absolute Gasteiger partial charge is 0.328 e. The van der Waals surface area contributed by atoms with Crippen LogP contribution in [0.3, 0.4) is 0 Å². The number of hydrogen-bond acceptors (Lipinski definition) is 3. The molecule has 0 aromatic heterocycles. The van der Waals surface area contributed by atoms with Crippen LogP contribution in [0.15, 0.2) is 24.3 Å². The minimum Gasteiger partial charge on any atom is -0.478 e. The minimum absolute atomic E-state index is 0.206. The van der Waals surface area contributed by atoms with E-state index in [4.69, 9.17) is 15.3 Å². The first-order chi connectivity index (χ1) is 6.66. The van der Waals surface area contributed by atoms with Crippen molar-refractivity contribution >= 4 is 5.97 Å². The Morgan fingerprint density at radius 1 is 1.36 bits per heavy atom. The number of allylic oxidation sites excluding steroid dienone is 3. The maximum absolute atomic E-state index is 10.0. The molecule has 4 nitrogen and oxygen atoms in total. The summed E-state index contributed by atoms with van der Waals surface area (Å²) in [6.07, 6.45) is 7.44. The lowest BCUT2D eigenvalue weighted by Gasteiger charge is -2.03. The van der Waals surface area contributed by atoms with E-state index in [-0.39, 0.29) is 6.61 Å². The van der Waals surface area contributed by atoms with Gasteiger partial charge < -0.3 is 15.3 Å². The van der Waals surface area contributed by atoms with Crippen molar-refractivity contribution in [1.29, 1.82) is 0 Å². The van der Waals surface area contributed by atoms with E-state index in [1.54, 1.807) is 6.08 Å². The Kier molecular flexibility index (Phi) is 7.78. The van der Waals surface area contributed by atoms with Gasteiger partial charge in [0.1, 0.15) is 0 Å². The average Bonchev–Trinajstić information content (AvgIpc) is 2.15. The van der Waals surface area contributed by atoms with Gasteiger partial charge in [0, 0.05) is 6.08 Å². The minimum atomic E-state index is -0.967. The molecule has 3 N–H and O–H groups in total. The van der Waals surface area contributed by atoms with Gasteiger partial charge in [-0.05, 0) is 19.3 Å². The second kappa shape index (κ2) is 8.47. The molecule has 0 amide bonds. The van der Waals surface area contributed by atoms with E-state index in [2.05, 4.69) is 0 Å². The lowest BCUT2D eigenvalue weighted by Crippen LogP contribution is -2.10. The zero-order valence-electron chi connectivity index (χ0n) is 7.97. The molecule has 0 radical (unpaired) electrons. The number of rotatable bonds is 7. The molecule has 0 aromatic rings. The Balaban J connectivity index is 3.40. The van der Waals surface area contributed by atoms with Crippen molar-refractivity contribution in [2.45, 2.75) is 25.4 Å². The van der Waals surface area contributed by atoms with Gasteiger partial charge in [-0.15, -0.1) is 0 Å². The number of aliphatic carboxylic acids is 1. The van der Waals surface area contributed by atoms with E-state index in [1.165, 1.54) is 6.08 Å². The first kappa shape index (κ1) is 12.9. The highest BCUT2D eigenvalue weighted by molar-refractivity contribution is 5.80. The van der Waals surface area contributed by atoms with Crippen LogP contribution in [-0.4, -0.2) is 34.0 Å². The molecule has 14 heavy (non-hydrogen) atoms. The number of aliphatic hydroxyl groups is 2. The molecule has 0 fully saturated rings. The molecule has 0 unspecified atom stereocenters. The molecule has 80 valence electrons. The summed E-state index contributed by atoms with van der Waals surface area (Å²) in [6, 6.07) is 0. The average molecular weight is 200 g/mol. The number of carboxylic acids is 1. The van der Waals surface area contributed by atoms with Gasteiger partial charge in [0.05, 0.1) is 12.7 Å². The second-order valence-corrected chi connectivity index (χ2v) is 2.89. The fourth-order valence-corrected chi connectivity index (χ4v) is 0.875. The molecule has 0 aliphatic heterocycles. The van der Waals surface area contributed by atoms with E-state index >= 15 is 0 Å². The molecule has 0 heterocycles. The zero-order chi connectivity index (χ0) is 10.8. The number of aliphatic hydroxyl groups excluding tert-OH is 2. The van der Waals surface area contributed by atoms with Crippen LogP contribution >= 0.6 is 0 Å². The normalized spacial score (nSPS) is 13.9. The number of unbranched alkanes of at least 4 members (excludes halogenated alkanes) is 1. The van der Waals surface area contributed by atoms with Gasteiger partial charge in [-0.1, -0.05) is 18.2 Å². The third-order valence-corrected chi connectivity index (χ3v) is 1.60. The molecule has 0 rings (SSSR count). The third kappa shape index (κ3) is 8.96. The van der Waals surface area contributed by atoms with Gasteiger partial charge >= 0.3 is 5.97 Å². The van der Waals surface area contributed by atoms with E-state index in [1.807, 2.05) is 6.08 Å². The van der Waals surface area contributed by atoms with E-state index < -0.39 is 12.1 Å². The van der Waals surface area contributed by atoms with Crippen molar-refractivity contribution < 1.29 is 20.1 Å². The van der Waals surface area contributed by atoms with Gasteiger partial charge in [-0.25, -0.2) is 4.79 Å². The summed E-state index contributed by atoms with van der Waals surface area (Å²) in [7, 11) is 0. The van der Waals surface area contributed by atoms with Crippen LogP contribution in [0.1, 0.15) is 19.3 Å². The summed E-state index contributed by atoms with van der Waals surface area (Å²) in [6.45, 7) is -0.206. The standard InChI is InChI=1S/C10H16O4/c11-8-9(12)6-4-2-1-3-5-7-10(13)14/h1,3,5,7,9,11-12H,2,4,6,8H2,(H,13,14)/b3-1+,7-5+/t9-/m0/s1. The molecular weight excluding hydrogens is 184 g/mol. The zero-order valence-corrected chi connectivity index (χ0v) is 7.97. The second-order valence-electron chi connectivity index (χ2n) is 2.89. The number of hydrogen-bond donors (Lipinski definition) is 3. The maximum Gasteiger partial charge on any atom is 0.328 e. The highest BCUT2D eigenvalue weighted by atomic mass is 16.4. The Hall–Kier alpha value is -1.13. The number of carbonyl (C=O) groups is 1. The molecule has 0 bridgehead atoms. The van der Waals surface area contributed by atoms with Crippen molar-refractivity contribution in [3.63, 3.8) is 0 Å². The summed E-state index contributed by atoms with van der Waals surface area (Å²) in [5.41, 5.74) is 0. The van der Waals surface area contributed by atoms with Crippen LogP contribution in [0.25, 0.3) is 0 Å². The molecule has 0 aliphatic rings. The summed E-state index contributed by atoms with van der Waals surface area (Å²) < 4.78 is 0. The fourth-order valence-electron chi connectivity index (χ4n) is 0.875. The van der Waals surface area contributed by atoms with E-state index in [9.17, 15) is 4.79 Å². The van der Waals surface area contributed by atoms with Gasteiger partial charge in [0.25, 0.3) is 0 Å². The lowest BCUT2D eigenvalue weighted by molar-refractivity contribution is -0.131. The summed E-state index contributed by atoms with van der Waals surface area (Å²) in [5.74, 6) is -0.967. The largest absolute Gasteiger partial charge is 0.478 e. The highest BCUT2D eigenvalue weighted by Gasteiger charge is 1.98. The quantitative estimate of drug-likeness (QED) is 0.321. The van der Waals surface area contributed by atoms with E-state index in [0.717, 1.165) is 18.9 Å². The molecule has 0 saturated carbocycles. The molecule has 0 spiro atoms. The predicted molar refractivity (Wildman–Crippen MR) is 52.9 cm³/mol. The summed E-state index contributed by atoms with van der Waals surface area (Å²) >= 11 is 0. The summed E-state index contributed by atoms with van der Waals surface area (Å²) in [5, 5.41) is 25.7. The van der Waals surface area contributed by atoms with Crippen LogP contribution < -0.4 is 0 Å². The Bertz CT molecular complexity index is 208. The van der Waals surface area contributed by atoms with Gasteiger partial charge in [-0.2, -0.15) is 0 Å². The summed E-state index contributed by atoms with van der Waals surface area (Å²) in [4.78, 5) is 10.0. The number of carboxylic acid groups (broad SMARTS) is 1. The topological polar surface area (TPSA) is 77.8 Å². The van der Waals surface area contributed by atoms with Crippen molar-refractivity contribution in [2.24, 2.45) is 0 Å². The molecule has 4 heteroatoms. The van der Waals surface area contributed by atoms with Crippen molar-refractivity contribution in [3.8, 4) is 0 Å². The van der Waals surface area contributed by atoms with E-state index in [0.29, 0.717) is 6.42 Å². The van der Waals surface area contributed by atoms with Crippen molar-refractivity contribution in [2.75, 3.05) is 6.61 Å². The molecule has 0 aromatic carbocycles.